The smallest absolute Gasteiger partial charge is 0.140 e. The van der Waals surface area contributed by atoms with Gasteiger partial charge in [-0.25, -0.2) is 0 Å². The maximum atomic E-state index is 6.29. The molecule has 0 bridgehead atoms. The third-order valence-electron chi connectivity index (χ3n) is 4.02. The number of benzene rings is 2. The zero-order valence-electron chi connectivity index (χ0n) is 12.2. The van der Waals surface area contributed by atoms with E-state index in [0.29, 0.717) is 5.02 Å². The lowest BCUT2D eigenvalue weighted by atomic mass is 10.0. The minimum Gasteiger partial charge on any atom is -0.484 e. The number of hydrogen-bond acceptors (Lipinski definition) is 2. The van der Waals surface area contributed by atoms with Crippen LogP contribution in [0.15, 0.2) is 42.5 Å². The van der Waals surface area contributed by atoms with Gasteiger partial charge in [0.05, 0.1) is 0 Å². The van der Waals surface area contributed by atoms with E-state index in [2.05, 4.69) is 12.1 Å². The summed E-state index contributed by atoms with van der Waals surface area (Å²) in [6, 6.07) is 13.9. The first-order chi connectivity index (χ1) is 10.1. The molecule has 0 saturated carbocycles. The second kappa shape index (κ2) is 6.08. The molecular weight excluding hydrogens is 282 g/mol. The molecule has 3 rings (SSSR count). The summed E-state index contributed by atoms with van der Waals surface area (Å²) in [5.41, 5.74) is 9.89. The molecule has 0 amide bonds. The molecule has 0 saturated heterocycles. The highest BCUT2D eigenvalue weighted by atomic mass is 35.5. The van der Waals surface area contributed by atoms with Crippen LogP contribution in [-0.2, 0) is 12.8 Å². The Labute approximate surface area is 130 Å². The van der Waals surface area contributed by atoms with Gasteiger partial charge in [-0.15, -0.1) is 0 Å². The largest absolute Gasteiger partial charge is 0.484 e. The quantitative estimate of drug-likeness (QED) is 0.914. The van der Waals surface area contributed by atoms with Gasteiger partial charge in [-0.05, 0) is 55.5 Å². The molecule has 0 spiro atoms. The predicted molar refractivity (Wildman–Crippen MR) is 86.9 cm³/mol. The summed E-state index contributed by atoms with van der Waals surface area (Å²) in [5, 5.41) is 0.695. The van der Waals surface area contributed by atoms with Gasteiger partial charge in [0.25, 0.3) is 0 Å². The molecule has 0 radical (unpaired) electrons. The molecule has 0 aromatic heterocycles. The summed E-state index contributed by atoms with van der Waals surface area (Å²) in [7, 11) is 0. The number of fused-ring (bicyclic) bond motifs is 1. The lowest BCUT2D eigenvalue weighted by molar-refractivity contribution is 0.180. The highest BCUT2D eigenvalue weighted by Gasteiger charge is 2.21. The van der Waals surface area contributed by atoms with E-state index in [9.17, 15) is 0 Å². The fourth-order valence-corrected chi connectivity index (χ4v) is 3.17. The van der Waals surface area contributed by atoms with Crippen molar-refractivity contribution in [3.8, 4) is 5.75 Å². The molecule has 2 aromatic carbocycles. The maximum Gasteiger partial charge on any atom is 0.140 e. The molecule has 110 valence electrons. The van der Waals surface area contributed by atoms with Crippen molar-refractivity contribution in [2.24, 2.45) is 5.73 Å². The van der Waals surface area contributed by atoms with Crippen molar-refractivity contribution in [2.75, 3.05) is 0 Å². The Morgan fingerprint density at radius 2 is 1.86 bits per heavy atom. The summed E-state index contributed by atoms with van der Waals surface area (Å²) in [6.45, 7) is 1.95. The normalized spacial score (nSPS) is 16.3. The van der Waals surface area contributed by atoms with Gasteiger partial charge in [-0.3, -0.25) is 0 Å². The molecule has 2 aromatic rings. The van der Waals surface area contributed by atoms with Crippen molar-refractivity contribution in [1.82, 2.24) is 0 Å². The molecule has 0 aliphatic heterocycles. The number of hydrogen-bond donors (Lipinski definition) is 1. The molecule has 2 atom stereocenters. The molecule has 1 aliphatic rings. The van der Waals surface area contributed by atoms with Gasteiger partial charge in [0.1, 0.15) is 11.9 Å². The van der Waals surface area contributed by atoms with E-state index in [-0.39, 0.29) is 12.1 Å². The van der Waals surface area contributed by atoms with E-state index < -0.39 is 0 Å². The van der Waals surface area contributed by atoms with Gasteiger partial charge >= 0.3 is 0 Å². The summed E-state index contributed by atoms with van der Waals surface area (Å²) in [6.07, 6.45) is 3.32. The fraction of sp³-hybridized carbons (Fsp3) is 0.333. The molecule has 2 nitrogen and oxygen atoms in total. The maximum absolute atomic E-state index is 6.29. The Morgan fingerprint density at radius 3 is 2.62 bits per heavy atom. The first-order valence-electron chi connectivity index (χ1n) is 7.43. The van der Waals surface area contributed by atoms with Gasteiger partial charge in [0.2, 0.25) is 0 Å². The van der Waals surface area contributed by atoms with E-state index in [4.69, 9.17) is 22.1 Å². The van der Waals surface area contributed by atoms with Gasteiger partial charge in [-0.2, -0.15) is 0 Å². The average molecular weight is 302 g/mol. The standard InChI is InChI=1S/C18H20ClNO/c1-12(20)18(16-7-2-3-8-17(16)19)21-15-10-9-13-5-4-6-14(13)11-15/h2-3,7-12,18H,4-6,20H2,1H3. The highest BCUT2D eigenvalue weighted by molar-refractivity contribution is 6.31. The zero-order chi connectivity index (χ0) is 14.8. The Kier molecular flexibility index (Phi) is 4.18. The minimum atomic E-state index is -0.238. The summed E-state index contributed by atoms with van der Waals surface area (Å²) < 4.78 is 6.16. The summed E-state index contributed by atoms with van der Waals surface area (Å²) in [4.78, 5) is 0. The topological polar surface area (TPSA) is 35.2 Å². The van der Waals surface area contributed by atoms with Crippen LogP contribution in [0.1, 0.15) is 36.1 Å². The van der Waals surface area contributed by atoms with Crippen LogP contribution < -0.4 is 10.5 Å². The van der Waals surface area contributed by atoms with Crippen LogP contribution in [0.5, 0.6) is 5.75 Å². The Bertz CT molecular complexity index is 639. The number of nitrogens with two attached hydrogens (primary N) is 1. The molecule has 0 heterocycles. The Hall–Kier alpha value is -1.51. The molecule has 2 N–H and O–H groups in total. The second-order valence-corrected chi connectivity index (χ2v) is 6.11. The minimum absolute atomic E-state index is 0.141. The van der Waals surface area contributed by atoms with E-state index >= 15 is 0 Å². The van der Waals surface area contributed by atoms with E-state index in [1.54, 1.807) is 0 Å². The summed E-state index contributed by atoms with van der Waals surface area (Å²) in [5.74, 6) is 0.873. The first-order valence-corrected chi connectivity index (χ1v) is 7.81. The third kappa shape index (κ3) is 3.07. The monoisotopic (exact) mass is 301 g/mol. The van der Waals surface area contributed by atoms with Crippen molar-refractivity contribution < 1.29 is 4.74 Å². The molecule has 0 fully saturated rings. The fourth-order valence-electron chi connectivity index (χ4n) is 2.93. The Morgan fingerprint density at radius 1 is 1.10 bits per heavy atom. The number of aryl methyl sites for hydroxylation is 2. The van der Waals surface area contributed by atoms with Gasteiger partial charge in [0, 0.05) is 16.6 Å². The molecule has 2 unspecified atom stereocenters. The predicted octanol–water partition coefficient (Wildman–Crippen LogP) is 4.30. The SMILES string of the molecule is CC(N)C(Oc1ccc2c(c1)CCC2)c1ccccc1Cl. The highest BCUT2D eigenvalue weighted by Crippen LogP contribution is 2.32. The first kappa shape index (κ1) is 14.4. The van der Waals surface area contributed by atoms with Crippen molar-refractivity contribution in [3.63, 3.8) is 0 Å². The van der Waals surface area contributed by atoms with Crippen LogP contribution in [0.25, 0.3) is 0 Å². The van der Waals surface area contributed by atoms with Crippen LogP contribution in [-0.4, -0.2) is 6.04 Å². The van der Waals surface area contributed by atoms with Crippen molar-refractivity contribution in [3.05, 3.63) is 64.2 Å². The van der Waals surface area contributed by atoms with Crippen molar-refractivity contribution >= 4 is 11.6 Å². The third-order valence-corrected chi connectivity index (χ3v) is 4.37. The van der Waals surface area contributed by atoms with E-state index in [0.717, 1.165) is 17.7 Å². The van der Waals surface area contributed by atoms with Crippen LogP contribution in [0.3, 0.4) is 0 Å². The second-order valence-electron chi connectivity index (χ2n) is 5.70. The van der Waals surface area contributed by atoms with Crippen LogP contribution in [0.4, 0.5) is 0 Å². The lowest BCUT2D eigenvalue weighted by Crippen LogP contribution is -2.29. The van der Waals surface area contributed by atoms with Gasteiger partial charge in [-0.1, -0.05) is 35.9 Å². The zero-order valence-corrected chi connectivity index (χ0v) is 12.9. The molecular formula is C18H20ClNO. The number of ether oxygens (including phenoxy) is 1. The molecule has 3 heteroatoms. The van der Waals surface area contributed by atoms with Crippen molar-refractivity contribution in [1.29, 1.82) is 0 Å². The number of rotatable bonds is 4. The van der Waals surface area contributed by atoms with Crippen LogP contribution in [0.2, 0.25) is 5.02 Å². The number of halogens is 1. The lowest BCUT2D eigenvalue weighted by Gasteiger charge is -2.24. The van der Waals surface area contributed by atoms with E-state index in [1.165, 1.54) is 24.0 Å². The van der Waals surface area contributed by atoms with Crippen LogP contribution >= 0.6 is 11.6 Å². The average Bonchev–Trinajstić information content (AvgIpc) is 2.93. The molecule has 21 heavy (non-hydrogen) atoms. The van der Waals surface area contributed by atoms with Gasteiger partial charge < -0.3 is 10.5 Å². The molecule has 1 aliphatic carbocycles. The summed E-state index contributed by atoms with van der Waals surface area (Å²) >= 11 is 6.29. The van der Waals surface area contributed by atoms with Crippen molar-refractivity contribution in [2.45, 2.75) is 38.3 Å². The van der Waals surface area contributed by atoms with E-state index in [1.807, 2.05) is 37.3 Å². The Balaban J connectivity index is 1.88. The van der Waals surface area contributed by atoms with Crippen LogP contribution in [0, 0.1) is 0 Å². The van der Waals surface area contributed by atoms with Gasteiger partial charge in [0.15, 0.2) is 0 Å².